The van der Waals surface area contributed by atoms with Crippen LogP contribution >= 0.6 is 0 Å². The average Bonchev–Trinajstić information content (AvgIpc) is 3.33. The molecule has 1 saturated heterocycles. The molecule has 1 aliphatic rings. The van der Waals surface area contributed by atoms with Crippen LogP contribution in [0.5, 0.6) is 0 Å². The van der Waals surface area contributed by atoms with Crippen LogP contribution in [0.2, 0.25) is 0 Å². The predicted octanol–water partition coefficient (Wildman–Crippen LogP) is 3.32. The first-order valence-electron chi connectivity index (χ1n) is 8.10. The molecular weight excluding hydrogens is 365 g/mol. The molecule has 1 fully saturated rings. The van der Waals surface area contributed by atoms with Gasteiger partial charge in [0.05, 0.1) is 24.1 Å². The first-order valence-corrected chi connectivity index (χ1v) is 8.10. The molecule has 1 unspecified atom stereocenters. The summed E-state index contributed by atoms with van der Waals surface area (Å²) >= 11 is 0. The topological polar surface area (TPSA) is 104 Å². The molecule has 2 aromatic heterocycles. The number of nitriles is 1. The van der Waals surface area contributed by atoms with E-state index in [0.717, 1.165) is 25.1 Å². The lowest BCUT2D eigenvalue weighted by Crippen LogP contribution is -2.20. The zero-order valence-corrected chi connectivity index (χ0v) is 13.8. The standard InChI is InChI=1S/C16H13F3N6O2/c17-16(18,19)10-1-2-12-11(5-10)21-14(26-12)22-15-24-23-13(27-15)8-25-4-3-9(6-20)7-25/h1-2,5,9H,3-4,7-8H2,(H,21,22,24). The minimum atomic E-state index is -4.46. The number of benzene rings is 1. The van der Waals surface area contributed by atoms with Gasteiger partial charge in [0.25, 0.3) is 0 Å². The maximum atomic E-state index is 12.8. The number of alkyl halides is 3. The lowest BCUT2D eigenvalue weighted by molar-refractivity contribution is -0.137. The summed E-state index contributed by atoms with van der Waals surface area (Å²) in [6.45, 7) is 1.83. The molecule has 27 heavy (non-hydrogen) atoms. The molecule has 1 atom stereocenters. The summed E-state index contributed by atoms with van der Waals surface area (Å²) in [6.07, 6.45) is -3.65. The van der Waals surface area contributed by atoms with E-state index in [0.29, 0.717) is 19.0 Å². The van der Waals surface area contributed by atoms with Crippen molar-refractivity contribution in [2.75, 3.05) is 18.4 Å². The fraction of sp³-hybridized carbons (Fsp3) is 0.375. The number of anilines is 2. The van der Waals surface area contributed by atoms with Crippen LogP contribution in [0.4, 0.5) is 25.2 Å². The smallest absolute Gasteiger partial charge is 0.416 e. The van der Waals surface area contributed by atoms with E-state index in [4.69, 9.17) is 14.1 Å². The number of halogens is 3. The third-order valence-corrected chi connectivity index (χ3v) is 4.21. The molecule has 0 aliphatic carbocycles. The Morgan fingerprint density at radius 2 is 2.11 bits per heavy atom. The summed E-state index contributed by atoms with van der Waals surface area (Å²) in [5, 5.41) is 19.3. The molecule has 1 N–H and O–H groups in total. The molecule has 0 bridgehead atoms. The Morgan fingerprint density at radius 1 is 1.26 bits per heavy atom. The number of hydrogen-bond acceptors (Lipinski definition) is 8. The van der Waals surface area contributed by atoms with Gasteiger partial charge in [0.15, 0.2) is 5.58 Å². The molecular formula is C16H13F3N6O2. The van der Waals surface area contributed by atoms with Gasteiger partial charge in [-0.3, -0.25) is 10.2 Å². The normalized spacial score (nSPS) is 18.1. The largest absolute Gasteiger partial charge is 0.423 e. The number of aromatic nitrogens is 3. The zero-order valence-electron chi connectivity index (χ0n) is 13.8. The van der Waals surface area contributed by atoms with E-state index in [1.54, 1.807) is 0 Å². The molecule has 3 aromatic rings. The maximum Gasteiger partial charge on any atom is 0.416 e. The highest BCUT2D eigenvalue weighted by atomic mass is 19.4. The molecule has 3 heterocycles. The zero-order chi connectivity index (χ0) is 19.0. The second kappa shape index (κ2) is 6.55. The fourth-order valence-electron chi connectivity index (χ4n) is 2.89. The molecule has 0 saturated carbocycles. The van der Waals surface area contributed by atoms with Gasteiger partial charge in [0, 0.05) is 13.1 Å². The van der Waals surface area contributed by atoms with Crippen molar-refractivity contribution in [3.8, 4) is 6.07 Å². The van der Waals surface area contributed by atoms with E-state index in [9.17, 15) is 13.2 Å². The van der Waals surface area contributed by atoms with Crippen LogP contribution in [0.1, 0.15) is 17.9 Å². The predicted molar refractivity (Wildman–Crippen MR) is 85.6 cm³/mol. The number of likely N-dealkylation sites (tertiary alicyclic amines) is 1. The molecule has 0 amide bonds. The van der Waals surface area contributed by atoms with Gasteiger partial charge in [-0.25, -0.2) is 0 Å². The quantitative estimate of drug-likeness (QED) is 0.737. The van der Waals surface area contributed by atoms with Crippen molar-refractivity contribution < 1.29 is 22.0 Å². The molecule has 0 spiro atoms. The summed E-state index contributed by atoms with van der Waals surface area (Å²) in [7, 11) is 0. The molecule has 1 aliphatic heterocycles. The van der Waals surface area contributed by atoms with Crippen LogP contribution in [-0.4, -0.2) is 33.2 Å². The van der Waals surface area contributed by atoms with Gasteiger partial charge < -0.3 is 8.83 Å². The Morgan fingerprint density at radius 3 is 2.85 bits per heavy atom. The summed E-state index contributed by atoms with van der Waals surface area (Å²) in [5.41, 5.74) is -0.548. The number of fused-ring (bicyclic) bond motifs is 1. The lowest BCUT2D eigenvalue weighted by atomic mass is 10.1. The first kappa shape index (κ1) is 17.3. The summed E-state index contributed by atoms with van der Waals surface area (Å²) in [5.74, 6) is 0.360. The van der Waals surface area contributed by atoms with Crippen molar-refractivity contribution in [1.82, 2.24) is 20.1 Å². The van der Waals surface area contributed by atoms with Crippen molar-refractivity contribution in [3.05, 3.63) is 29.7 Å². The second-order valence-electron chi connectivity index (χ2n) is 6.18. The van der Waals surface area contributed by atoms with Gasteiger partial charge in [-0.05, 0) is 24.6 Å². The molecule has 0 radical (unpaired) electrons. The highest BCUT2D eigenvalue weighted by Gasteiger charge is 2.31. The van der Waals surface area contributed by atoms with E-state index in [1.165, 1.54) is 6.07 Å². The van der Waals surface area contributed by atoms with Crippen molar-refractivity contribution in [1.29, 1.82) is 5.26 Å². The summed E-state index contributed by atoms with van der Waals surface area (Å²) in [6, 6.07) is 5.23. The molecule has 8 nitrogen and oxygen atoms in total. The van der Waals surface area contributed by atoms with E-state index < -0.39 is 11.7 Å². The van der Waals surface area contributed by atoms with Gasteiger partial charge in [0.1, 0.15) is 5.52 Å². The first-order chi connectivity index (χ1) is 12.9. The van der Waals surface area contributed by atoms with Crippen molar-refractivity contribution in [2.24, 2.45) is 5.92 Å². The van der Waals surface area contributed by atoms with Crippen LogP contribution in [0, 0.1) is 17.2 Å². The van der Waals surface area contributed by atoms with Gasteiger partial charge in [-0.2, -0.15) is 23.4 Å². The monoisotopic (exact) mass is 378 g/mol. The number of oxazole rings is 1. The summed E-state index contributed by atoms with van der Waals surface area (Å²) < 4.78 is 49.1. The average molecular weight is 378 g/mol. The van der Waals surface area contributed by atoms with E-state index in [-0.39, 0.29) is 29.0 Å². The third kappa shape index (κ3) is 3.70. The van der Waals surface area contributed by atoms with Crippen LogP contribution in [0.15, 0.2) is 27.0 Å². The number of nitrogens with one attached hydrogen (secondary N) is 1. The SMILES string of the molecule is N#CC1CCN(Cc2nnc(Nc3nc4cc(C(F)(F)F)ccc4o3)o2)C1. The summed E-state index contributed by atoms with van der Waals surface area (Å²) in [4.78, 5) is 5.99. The van der Waals surface area contributed by atoms with Crippen molar-refractivity contribution in [3.63, 3.8) is 0 Å². The molecule has 11 heteroatoms. The molecule has 4 rings (SSSR count). The van der Waals surface area contributed by atoms with Crippen LogP contribution < -0.4 is 5.32 Å². The Balaban J connectivity index is 1.45. The van der Waals surface area contributed by atoms with Crippen molar-refractivity contribution in [2.45, 2.75) is 19.1 Å². The number of rotatable bonds is 4. The van der Waals surface area contributed by atoms with Gasteiger partial charge in [0.2, 0.25) is 5.89 Å². The highest BCUT2D eigenvalue weighted by Crippen LogP contribution is 2.32. The minimum absolute atomic E-state index is 0.00635. The highest BCUT2D eigenvalue weighted by molar-refractivity contribution is 5.75. The van der Waals surface area contributed by atoms with E-state index >= 15 is 0 Å². The maximum absolute atomic E-state index is 12.8. The number of hydrogen-bond donors (Lipinski definition) is 1. The molecule has 140 valence electrons. The Kier molecular flexibility index (Phi) is 4.19. The Hall–Kier alpha value is -3.13. The second-order valence-corrected chi connectivity index (χ2v) is 6.18. The van der Waals surface area contributed by atoms with Crippen LogP contribution in [-0.2, 0) is 12.7 Å². The fourth-order valence-corrected chi connectivity index (χ4v) is 2.89. The number of nitrogens with zero attached hydrogens (tertiary/aromatic N) is 5. The van der Waals surface area contributed by atoms with Crippen LogP contribution in [0.3, 0.4) is 0 Å². The third-order valence-electron chi connectivity index (χ3n) is 4.21. The van der Waals surface area contributed by atoms with Gasteiger partial charge >= 0.3 is 18.2 Å². The molecule has 1 aromatic carbocycles. The minimum Gasteiger partial charge on any atom is -0.423 e. The van der Waals surface area contributed by atoms with E-state index in [2.05, 4.69) is 26.6 Å². The van der Waals surface area contributed by atoms with Crippen LogP contribution in [0.25, 0.3) is 11.1 Å². The van der Waals surface area contributed by atoms with Gasteiger partial charge in [-0.15, -0.1) is 5.10 Å². The van der Waals surface area contributed by atoms with Gasteiger partial charge in [-0.1, -0.05) is 5.10 Å². The lowest BCUT2D eigenvalue weighted by Gasteiger charge is -2.10. The Labute approximate surface area is 150 Å². The Bertz CT molecular complexity index is 1010. The van der Waals surface area contributed by atoms with E-state index in [1.807, 2.05) is 4.90 Å². The van der Waals surface area contributed by atoms with Crippen molar-refractivity contribution >= 4 is 23.1 Å².